The van der Waals surface area contributed by atoms with Crippen LogP contribution in [0.1, 0.15) is 37.0 Å². The Bertz CT molecular complexity index is 991. The van der Waals surface area contributed by atoms with Crippen LogP contribution < -0.4 is 10.2 Å². The van der Waals surface area contributed by atoms with Crippen LogP contribution in [0, 0.1) is 5.92 Å². The number of para-hydroxylation sites is 1. The third-order valence-corrected chi connectivity index (χ3v) is 6.36. The van der Waals surface area contributed by atoms with Gasteiger partial charge in [0.25, 0.3) is 5.91 Å². The molecule has 5 rings (SSSR count). The monoisotopic (exact) mass is 405 g/mol. The Morgan fingerprint density at radius 3 is 2.77 bits per heavy atom. The number of urea groups is 1. The van der Waals surface area contributed by atoms with E-state index in [0.717, 1.165) is 32.5 Å². The van der Waals surface area contributed by atoms with Crippen molar-refractivity contribution in [1.29, 1.82) is 0 Å². The summed E-state index contributed by atoms with van der Waals surface area (Å²) < 4.78 is 0. The van der Waals surface area contributed by atoms with Crippen LogP contribution in [0.3, 0.4) is 0 Å². The SMILES string of the molecule is CC(C)CN1CCC2C1CCN2C(=O)N1c2ccccc2C(=O)Nc2cccnc21. The molecule has 2 saturated heterocycles. The quantitative estimate of drug-likeness (QED) is 0.827. The van der Waals surface area contributed by atoms with E-state index in [0.29, 0.717) is 34.7 Å². The third-order valence-electron chi connectivity index (χ3n) is 6.36. The Labute approximate surface area is 176 Å². The largest absolute Gasteiger partial charge is 0.330 e. The first-order valence-electron chi connectivity index (χ1n) is 10.7. The molecule has 0 spiro atoms. The molecule has 2 aromatic rings. The maximum absolute atomic E-state index is 13.9. The predicted octanol–water partition coefficient (Wildman–Crippen LogP) is 3.71. The lowest BCUT2D eigenvalue weighted by Crippen LogP contribution is -2.46. The van der Waals surface area contributed by atoms with Gasteiger partial charge in [0.15, 0.2) is 5.82 Å². The van der Waals surface area contributed by atoms with Gasteiger partial charge in [-0.2, -0.15) is 0 Å². The minimum Gasteiger partial charge on any atom is -0.319 e. The zero-order valence-corrected chi connectivity index (χ0v) is 17.4. The highest BCUT2D eigenvalue weighted by atomic mass is 16.2. The van der Waals surface area contributed by atoms with Crippen molar-refractivity contribution in [2.75, 3.05) is 29.9 Å². The van der Waals surface area contributed by atoms with E-state index in [9.17, 15) is 9.59 Å². The van der Waals surface area contributed by atoms with E-state index in [1.807, 2.05) is 23.1 Å². The van der Waals surface area contributed by atoms with Crippen LogP contribution in [0.4, 0.5) is 22.0 Å². The number of rotatable bonds is 2. The first-order chi connectivity index (χ1) is 14.5. The molecule has 30 heavy (non-hydrogen) atoms. The lowest BCUT2D eigenvalue weighted by molar-refractivity contribution is 0.102. The van der Waals surface area contributed by atoms with Crippen LogP contribution in [-0.4, -0.2) is 58.4 Å². The fourth-order valence-corrected chi connectivity index (χ4v) is 5.17. The lowest BCUT2D eigenvalue weighted by atomic mass is 10.1. The standard InChI is InChI=1S/C23H27N5O2/c1-15(2)14-26-12-9-20-19(26)10-13-27(20)23(30)28-18-8-4-3-6-16(18)22(29)25-17-7-5-11-24-21(17)28/h3-8,11,15,19-20H,9-10,12-14H2,1-2H3,(H,25,29). The van der Waals surface area contributed by atoms with Crippen molar-refractivity contribution in [3.63, 3.8) is 0 Å². The maximum atomic E-state index is 13.9. The fraction of sp³-hybridized carbons (Fsp3) is 0.435. The van der Waals surface area contributed by atoms with Gasteiger partial charge >= 0.3 is 6.03 Å². The summed E-state index contributed by atoms with van der Waals surface area (Å²) in [6, 6.07) is 11.3. The molecule has 2 fully saturated rings. The summed E-state index contributed by atoms with van der Waals surface area (Å²) in [5.74, 6) is 0.860. The average molecular weight is 406 g/mol. The number of nitrogens with zero attached hydrogens (tertiary/aromatic N) is 4. The van der Waals surface area contributed by atoms with Crippen LogP contribution in [0.15, 0.2) is 42.6 Å². The van der Waals surface area contributed by atoms with E-state index >= 15 is 0 Å². The number of hydrogen-bond acceptors (Lipinski definition) is 4. The number of pyridine rings is 1. The number of fused-ring (bicyclic) bond motifs is 3. The summed E-state index contributed by atoms with van der Waals surface area (Å²) in [5, 5.41) is 2.91. The molecule has 0 saturated carbocycles. The Kier molecular flexibility index (Phi) is 4.70. The summed E-state index contributed by atoms with van der Waals surface area (Å²) in [6.07, 6.45) is 3.64. The highest BCUT2D eigenvalue weighted by molar-refractivity contribution is 6.16. The molecule has 2 unspecified atom stereocenters. The summed E-state index contributed by atoms with van der Waals surface area (Å²) in [7, 11) is 0. The molecule has 1 aromatic carbocycles. The molecule has 156 valence electrons. The van der Waals surface area contributed by atoms with Gasteiger partial charge in [-0.3, -0.25) is 9.69 Å². The van der Waals surface area contributed by atoms with Gasteiger partial charge in [-0.05, 0) is 43.0 Å². The molecule has 2 atom stereocenters. The first-order valence-corrected chi connectivity index (χ1v) is 10.7. The van der Waals surface area contributed by atoms with Crippen LogP contribution in [0.25, 0.3) is 0 Å². The highest BCUT2D eigenvalue weighted by Gasteiger charge is 2.46. The fourth-order valence-electron chi connectivity index (χ4n) is 5.17. The second-order valence-corrected chi connectivity index (χ2v) is 8.76. The van der Waals surface area contributed by atoms with Gasteiger partial charge in [0.1, 0.15) is 0 Å². The molecule has 3 aliphatic rings. The number of amides is 3. The summed E-state index contributed by atoms with van der Waals surface area (Å²) in [6.45, 7) is 7.31. The van der Waals surface area contributed by atoms with Gasteiger partial charge in [0.2, 0.25) is 0 Å². The molecule has 3 amide bonds. The summed E-state index contributed by atoms with van der Waals surface area (Å²) >= 11 is 0. The van der Waals surface area contributed by atoms with Crippen LogP contribution in [0.5, 0.6) is 0 Å². The van der Waals surface area contributed by atoms with E-state index in [1.54, 1.807) is 29.3 Å². The van der Waals surface area contributed by atoms with Crippen LogP contribution >= 0.6 is 0 Å². The Morgan fingerprint density at radius 1 is 1.13 bits per heavy atom. The number of nitrogens with one attached hydrogen (secondary N) is 1. The van der Waals surface area contributed by atoms with Gasteiger partial charge in [-0.25, -0.2) is 14.7 Å². The normalized spacial score (nSPS) is 23.1. The third kappa shape index (κ3) is 3.04. The van der Waals surface area contributed by atoms with Crippen molar-refractivity contribution in [3.8, 4) is 0 Å². The number of benzene rings is 1. The number of carbonyl (C=O) groups excluding carboxylic acids is 2. The van der Waals surface area contributed by atoms with Gasteiger partial charge in [0.05, 0.1) is 23.0 Å². The highest BCUT2D eigenvalue weighted by Crippen LogP contribution is 2.39. The van der Waals surface area contributed by atoms with E-state index in [1.165, 1.54) is 0 Å². The number of likely N-dealkylation sites (tertiary alicyclic amines) is 2. The van der Waals surface area contributed by atoms with Crippen molar-refractivity contribution in [1.82, 2.24) is 14.8 Å². The average Bonchev–Trinajstić information content (AvgIpc) is 3.29. The molecule has 1 N–H and O–H groups in total. The molecule has 7 heteroatoms. The first kappa shape index (κ1) is 19.1. The molecule has 7 nitrogen and oxygen atoms in total. The van der Waals surface area contributed by atoms with Gasteiger partial charge in [-0.1, -0.05) is 26.0 Å². The topological polar surface area (TPSA) is 68.8 Å². The van der Waals surface area contributed by atoms with Crippen molar-refractivity contribution < 1.29 is 9.59 Å². The predicted molar refractivity (Wildman–Crippen MR) is 116 cm³/mol. The molecular weight excluding hydrogens is 378 g/mol. The van der Waals surface area contributed by atoms with E-state index in [2.05, 4.69) is 29.0 Å². The van der Waals surface area contributed by atoms with E-state index < -0.39 is 0 Å². The Morgan fingerprint density at radius 2 is 1.93 bits per heavy atom. The molecule has 1 aromatic heterocycles. The molecule has 0 bridgehead atoms. The zero-order valence-electron chi connectivity index (χ0n) is 17.4. The second kappa shape index (κ2) is 7.40. The maximum Gasteiger partial charge on any atom is 0.330 e. The van der Waals surface area contributed by atoms with Crippen molar-refractivity contribution in [3.05, 3.63) is 48.2 Å². The molecule has 0 aliphatic carbocycles. The minimum atomic E-state index is -0.224. The van der Waals surface area contributed by atoms with Crippen molar-refractivity contribution in [2.24, 2.45) is 5.92 Å². The number of aromatic nitrogens is 1. The Hall–Kier alpha value is -2.93. The minimum absolute atomic E-state index is 0.0993. The van der Waals surface area contributed by atoms with Crippen LogP contribution in [0.2, 0.25) is 0 Å². The van der Waals surface area contributed by atoms with Gasteiger partial charge < -0.3 is 10.2 Å². The molecule has 0 radical (unpaired) electrons. The van der Waals surface area contributed by atoms with E-state index in [-0.39, 0.29) is 18.0 Å². The van der Waals surface area contributed by atoms with Crippen LogP contribution in [-0.2, 0) is 0 Å². The number of hydrogen-bond donors (Lipinski definition) is 1. The molecule has 4 heterocycles. The molecule has 3 aliphatic heterocycles. The summed E-state index contributed by atoms with van der Waals surface area (Å²) in [5.41, 5.74) is 1.61. The lowest BCUT2D eigenvalue weighted by Gasteiger charge is -2.31. The van der Waals surface area contributed by atoms with Crippen molar-refractivity contribution >= 4 is 29.1 Å². The van der Waals surface area contributed by atoms with E-state index in [4.69, 9.17) is 0 Å². The summed E-state index contributed by atoms with van der Waals surface area (Å²) in [4.78, 5) is 37.3. The smallest absolute Gasteiger partial charge is 0.319 e. The second-order valence-electron chi connectivity index (χ2n) is 8.76. The zero-order chi connectivity index (χ0) is 20.8. The van der Waals surface area contributed by atoms with Gasteiger partial charge in [-0.15, -0.1) is 0 Å². The Balaban J connectivity index is 1.52. The number of anilines is 3. The van der Waals surface area contributed by atoms with Crippen molar-refractivity contribution in [2.45, 2.75) is 38.8 Å². The van der Waals surface area contributed by atoms with Gasteiger partial charge in [0, 0.05) is 31.9 Å². The number of carbonyl (C=O) groups is 2. The molecular formula is C23H27N5O2.